The Bertz CT molecular complexity index is 2600. The fourth-order valence-corrected chi connectivity index (χ4v) is 8.20. The number of rotatable bonds is 5. The second-order valence-corrected chi connectivity index (χ2v) is 14.0. The van der Waals surface area contributed by atoms with Gasteiger partial charge in [-0.05, 0) is 74.2 Å². The minimum atomic E-state index is -0.328. The maximum absolute atomic E-state index is 14.7. The maximum atomic E-state index is 14.7. The van der Waals surface area contributed by atoms with Crippen LogP contribution in [0.25, 0.3) is 60.9 Å². The lowest BCUT2D eigenvalue weighted by atomic mass is 9.97. The van der Waals surface area contributed by atoms with Gasteiger partial charge in [-0.3, -0.25) is 9.59 Å². The summed E-state index contributed by atoms with van der Waals surface area (Å²) in [6.07, 6.45) is 0. The minimum Gasteiger partial charge on any atom is -0.307 e. The van der Waals surface area contributed by atoms with Gasteiger partial charge >= 0.3 is 0 Å². The van der Waals surface area contributed by atoms with Gasteiger partial charge in [-0.15, -0.1) is 0 Å². The lowest BCUT2D eigenvalue weighted by molar-refractivity contribution is 0.0926. The number of fused-ring (bicyclic) bond motifs is 4. The summed E-state index contributed by atoms with van der Waals surface area (Å²) in [5.41, 5.74) is 15.2. The number of imide groups is 1. The van der Waals surface area contributed by atoms with Gasteiger partial charge in [0.05, 0.1) is 33.5 Å². The first-order valence-electron chi connectivity index (χ1n) is 17.7. The summed E-state index contributed by atoms with van der Waals surface area (Å²) in [5.74, 6) is -0.648. The molecule has 7 aromatic carbocycles. The fraction of sp³-hybridized carbons (Fsp3) is 0.0833. The van der Waals surface area contributed by atoms with Crippen molar-refractivity contribution in [1.29, 1.82) is 0 Å². The summed E-state index contributed by atoms with van der Waals surface area (Å²) in [6, 6.07) is 49.6. The average molecular weight is 673 g/mol. The highest BCUT2D eigenvalue weighted by Gasteiger charge is 2.39. The molecule has 0 unspecified atom stereocenters. The number of carbonyl (C=O) groups excluding carboxylic acids is 2. The number of benzene rings is 7. The van der Waals surface area contributed by atoms with Crippen LogP contribution in [0.15, 0.2) is 146 Å². The standard InChI is InChI=1S/C48H36N2O2/c1-29-23-30(2)26-35(25-29)38-13-8-15-40-41-16-9-14-39(36-27-31(3)24-32(4)28-36)46(41)50(45(38)40)43-18-10-17-42-44(43)48(52)49(47(42)51)37-21-19-34(20-22-37)33-11-6-5-7-12-33/h5-28H,1-4H3. The molecule has 9 rings (SSSR count). The predicted octanol–water partition coefficient (Wildman–Crippen LogP) is 11.8. The van der Waals surface area contributed by atoms with Crippen molar-refractivity contribution in [2.75, 3.05) is 4.90 Å². The third-order valence-electron chi connectivity index (χ3n) is 10.2. The Kier molecular flexibility index (Phi) is 7.30. The molecule has 4 nitrogen and oxygen atoms in total. The van der Waals surface area contributed by atoms with Crippen LogP contribution in [0.2, 0.25) is 0 Å². The normalized spacial score (nSPS) is 12.7. The fourth-order valence-electron chi connectivity index (χ4n) is 8.20. The highest BCUT2D eigenvalue weighted by atomic mass is 16.2. The van der Waals surface area contributed by atoms with Crippen LogP contribution in [0.5, 0.6) is 0 Å². The van der Waals surface area contributed by atoms with E-state index in [0.717, 1.165) is 55.2 Å². The SMILES string of the molecule is Cc1cc(C)cc(-c2cccc3c4cccc(-c5cc(C)cc(C)c5)c4n(-c4cccc5c4C(=O)N(c4ccc(-c6ccccc6)cc4)C5=O)c23)c1. The Labute approximate surface area is 303 Å². The molecule has 1 aliphatic rings. The molecule has 0 radical (unpaired) electrons. The first-order chi connectivity index (χ1) is 25.3. The van der Waals surface area contributed by atoms with Gasteiger partial charge in [0.25, 0.3) is 11.8 Å². The predicted molar refractivity (Wildman–Crippen MR) is 214 cm³/mol. The molecule has 0 N–H and O–H groups in total. The number of hydrogen-bond donors (Lipinski definition) is 0. The van der Waals surface area contributed by atoms with Gasteiger partial charge in [-0.2, -0.15) is 0 Å². The van der Waals surface area contributed by atoms with Crippen molar-refractivity contribution in [3.8, 4) is 39.1 Å². The summed E-state index contributed by atoms with van der Waals surface area (Å²) >= 11 is 0. The summed E-state index contributed by atoms with van der Waals surface area (Å²) in [5, 5.41) is 2.17. The van der Waals surface area contributed by atoms with Crippen LogP contribution in [0, 0.1) is 27.7 Å². The second kappa shape index (κ2) is 12.1. The molecule has 250 valence electrons. The molecule has 0 atom stereocenters. The first kappa shape index (κ1) is 31.5. The number of hydrogen-bond acceptors (Lipinski definition) is 2. The molecule has 2 heterocycles. The highest BCUT2D eigenvalue weighted by molar-refractivity contribution is 6.36. The molecule has 0 aliphatic carbocycles. The Morgan fingerprint density at radius 3 is 1.42 bits per heavy atom. The van der Waals surface area contributed by atoms with E-state index < -0.39 is 0 Å². The van der Waals surface area contributed by atoms with Crippen molar-refractivity contribution in [3.63, 3.8) is 0 Å². The van der Waals surface area contributed by atoms with Gasteiger partial charge in [-0.25, -0.2) is 4.90 Å². The summed E-state index contributed by atoms with van der Waals surface area (Å²) < 4.78 is 2.25. The first-order valence-corrected chi connectivity index (χ1v) is 17.7. The van der Waals surface area contributed by atoms with Crippen molar-refractivity contribution >= 4 is 39.3 Å². The molecule has 0 saturated carbocycles. The Morgan fingerprint density at radius 1 is 0.404 bits per heavy atom. The van der Waals surface area contributed by atoms with Crippen molar-refractivity contribution < 1.29 is 9.59 Å². The lowest BCUT2D eigenvalue weighted by Gasteiger charge is -2.17. The molecule has 1 aliphatic heterocycles. The maximum Gasteiger partial charge on any atom is 0.268 e. The molecule has 0 saturated heterocycles. The smallest absolute Gasteiger partial charge is 0.268 e. The van der Waals surface area contributed by atoms with Crippen LogP contribution >= 0.6 is 0 Å². The van der Waals surface area contributed by atoms with Crippen molar-refractivity contribution in [1.82, 2.24) is 4.57 Å². The van der Waals surface area contributed by atoms with Gasteiger partial charge in [0.15, 0.2) is 0 Å². The minimum absolute atomic E-state index is 0.320. The van der Waals surface area contributed by atoms with E-state index in [0.29, 0.717) is 22.5 Å². The summed E-state index contributed by atoms with van der Waals surface area (Å²) in [7, 11) is 0. The van der Waals surface area contributed by atoms with Gasteiger partial charge in [0.1, 0.15) is 0 Å². The van der Waals surface area contributed by atoms with E-state index in [2.05, 4.69) is 105 Å². The molecule has 52 heavy (non-hydrogen) atoms. The van der Waals surface area contributed by atoms with E-state index in [1.165, 1.54) is 27.2 Å². The largest absolute Gasteiger partial charge is 0.307 e. The molecular weight excluding hydrogens is 637 g/mol. The Balaban J connectivity index is 1.32. The zero-order valence-corrected chi connectivity index (χ0v) is 29.6. The van der Waals surface area contributed by atoms with E-state index >= 15 is 0 Å². The van der Waals surface area contributed by atoms with Crippen LogP contribution in [-0.2, 0) is 0 Å². The lowest BCUT2D eigenvalue weighted by Crippen LogP contribution is -2.29. The van der Waals surface area contributed by atoms with Gasteiger partial charge < -0.3 is 4.57 Å². The van der Waals surface area contributed by atoms with Crippen LogP contribution in [-0.4, -0.2) is 16.4 Å². The van der Waals surface area contributed by atoms with Gasteiger partial charge in [0, 0.05) is 21.9 Å². The number of para-hydroxylation sites is 2. The van der Waals surface area contributed by atoms with Gasteiger partial charge in [-0.1, -0.05) is 144 Å². The quantitative estimate of drug-likeness (QED) is 0.171. The van der Waals surface area contributed by atoms with E-state index in [4.69, 9.17) is 0 Å². The van der Waals surface area contributed by atoms with Gasteiger partial charge in [0.2, 0.25) is 0 Å². The van der Waals surface area contributed by atoms with Crippen LogP contribution in [0.4, 0.5) is 5.69 Å². The highest BCUT2D eigenvalue weighted by Crippen LogP contribution is 2.44. The number of aryl methyl sites for hydroxylation is 4. The number of anilines is 1. The molecule has 1 aromatic heterocycles. The summed E-state index contributed by atoms with van der Waals surface area (Å²) in [6.45, 7) is 8.50. The van der Waals surface area contributed by atoms with Crippen LogP contribution in [0.1, 0.15) is 43.0 Å². The molecule has 4 heteroatoms. The van der Waals surface area contributed by atoms with Crippen LogP contribution in [0.3, 0.4) is 0 Å². The zero-order chi connectivity index (χ0) is 35.7. The van der Waals surface area contributed by atoms with Crippen LogP contribution < -0.4 is 4.90 Å². The molecule has 0 bridgehead atoms. The summed E-state index contributed by atoms with van der Waals surface area (Å²) in [4.78, 5) is 30.3. The molecule has 8 aromatic rings. The third-order valence-corrected chi connectivity index (χ3v) is 10.2. The Morgan fingerprint density at radius 2 is 0.885 bits per heavy atom. The average Bonchev–Trinajstić information content (AvgIpc) is 3.62. The van der Waals surface area contributed by atoms with E-state index in [1.54, 1.807) is 6.07 Å². The molecular formula is C48H36N2O2. The molecule has 0 spiro atoms. The topological polar surface area (TPSA) is 42.3 Å². The van der Waals surface area contributed by atoms with Crippen molar-refractivity contribution in [3.05, 3.63) is 179 Å². The van der Waals surface area contributed by atoms with E-state index in [-0.39, 0.29) is 11.8 Å². The molecule has 0 fully saturated rings. The zero-order valence-electron chi connectivity index (χ0n) is 29.6. The molecule has 2 amide bonds. The van der Waals surface area contributed by atoms with Crippen molar-refractivity contribution in [2.24, 2.45) is 0 Å². The number of amides is 2. The monoisotopic (exact) mass is 672 g/mol. The van der Waals surface area contributed by atoms with E-state index in [9.17, 15) is 9.59 Å². The third kappa shape index (κ3) is 4.98. The second-order valence-electron chi connectivity index (χ2n) is 14.0. The number of aromatic nitrogens is 1. The number of nitrogens with zero attached hydrogens (tertiary/aromatic N) is 2. The van der Waals surface area contributed by atoms with Crippen molar-refractivity contribution in [2.45, 2.75) is 27.7 Å². The van der Waals surface area contributed by atoms with E-state index in [1.807, 2.05) is 66.7 Å². The number of carbonyl (C=O) groups is 2. The Hall–Kier alpha value is -6.52.